The molecule has 3 aromatic heterocycles. The van der Waals surface area contributed by atoms with Crippen molar-refractivity contribution in [2.75, 3.05) is 0 Å². The zero-order valence-electron chi connectivity index (χ0n) is 26.0. The lowest BCUT2D eigenvalue weighted by Crippen LogP contribution is -2.08. The summed E-state index contributed by atoms with van der Waals surface area (Å²) in [5.41, 5.74) is 7.21. The monoisotopic (exact) mass is 651 g/mol. The Kier molecular flexibility index (Phi) is 6.30. The molecule has 0 spiro atoms. The van der Waals surface area contributed by atoms with Crippen LogP contribution in [0.2, 0.25) is 0 Å². The predicted octanol–water partition coefficient (Wildman–Crippen LogP) is 12.2. The molecule has 10 rings (SSSR count). The highest BCUT2D eigenvalue weighted by Crippen LogP contribution is 2.43. The van der Waals surface area contributed by atoms with Crippen molar-refractivity contribution in [3.63, 3.8) is 0 Å². The first-order chi connectivity index (χ1) is 23.7. The first kappa shape index (κ1) is 27.8. The van der Waals surface area contributed by atoms with E-state index in [2.05, 4.69) is 155 Å². The molecule has 0 radical (unpaired) electrons. The van der Waals surface area contributed by atoms with Crippen molar-refractivity contribution < 1.29 is 0 Å². The fourth-order valence-corrected chi connectivity index (χ4v) is 9.87. The third-order valence-electron chi connectivity index (χ3n) is 9.94. The summed E-state index contributed by atoms with van der Waals surface area (Å²) in [7, 11) is 0. The average Bonchev–Trinajstić information content (AvgIpc) is 3.77. The maximum Gasteiger partial charge on any atom is 0.0697 e. The molecule has 1 aliphatic carbocycles. The van der Waals surface area contributed by atoms with Gasteiger partial charge in [-0.25, -0.2) is 0 Å². The van der Waals surface area contributed by atoms with Gasteiger partial charge < -0.3 is 9.13 Å². The van der Waals surface area contributed by atoms with Gasteiger partial charge in [-0.2, -0.15) is 5.26 Å². The Morgan fingerprint density at radius 3 is 1.92 bits per heavy atom. The van der Waals surface area contributed by atoms with Crippen molar-refractivity contribution in [1.82, 2.24) is 9.13 Å². The van der Waals surface area contributed by atoms with Gasteiger partial charge in [0.25, 0.3) is 0 Å². The van der Waals surface area contributed by atoms with E-state index in [9.17, 15) is 5.26 Å². The Labute approximate surface area is 285 Å². The molecular formula is C43H29N3S2. The van der Waals surface area contributed by atoms with Crippen LogP contribution < -0.4 is 0 Å². The lowest BCUT2D eigenvalue weighted by Gasteiger charge is -2.18. The lowest BCUT2D eigenvalue weighted by molar-refractivity contribution is 0.648. The molecule has 0 N–H and O–H groups in total. The number of rotatable bonds is 4. The number of thioether (sulfide) groups is 1. The van der Waals surface area contributed by atoms with E-state index in [1.807, 2.05) is 23.1 Å². The Morgan fingerprint density at radius 1 is 0.542 bits per heavy atom. The molecule has 2 unspecified atom stereocenters. The molecule has 0 bridgehead atoms. The molecule has 48 heavy (non-hydrogen) atoms. The number of para-hydroxylation sites is 2. The lowest BCUT2D eigenvalue weighted by atomic mass is 9.97. The minimum atomic E-state index is 0.0551. The second-order valence-electron chi connectivity index (χ2n) is 12.7. The zero-order valence-corrected chi connectivity index (χ0v) is 27.6. The summed E-state index contributed by atoms with van der Waals surface area (Å²) < 4.78 is 7.52. The molecule has 0 fully saturated rings. The van der Waals surface area contributed by atoms with Crippen LogP contribution in [-0.2, 0) is 0 Å². The van der Waals surface area contributed by atoms with Gasteiger partial charge in [0, 0.05) is 63.2 Å². The zero-order chi connectivity index (χ0) is 31.8. The van der Waals surface area contributed by atoms with E-state index in [4.69, 9.17) is 0 Å². The van der Waals surface area contributed by atoms with Crippen LogP contribution in [0.3, 0.4) is 0 Å². The SMILES string of the molecule is N#CC1C=CC(Sc2ccc(-n3c4cc5c(cc4c4cc6c(cc43)c3ccccc3n6-c3ccccc3)sc3ccccc35)cc2)CC1. The average molecular weight is 652 g/mol. The van der Waals surface area contributed by atoms with Gasteiger partial charge in [0.2, 0.25) is 0 Å². The van der Waals surface area contributed by atoms with Gasteiger partial charge in [0.1, 0.15) is 0 Å². The van der Waals surface area contributed by atoms with E-state index in [0.29, 0.717) is 5.25 Å². The Hall–Kier alpha value is -5.28. The minimum Gasteiger partial charge on any atom is -0.309 e. The van der Waals surface area contributed by atoms with Crippen LogP contribution in [0.4, 0.5) is 0 Å². The van der Waals surface area contributed by atoms with Crippen molar-refractivity contribution in [3.8, 4) is 17.4 Å². The molecule has 0 amide bonds. The van der Waals surface area contributed by atoms with E-state index >= 15 is 0 Å². The van der Waals surface area contributed by atoms with Crippen LogP contribution in [0.15, 0.2) is 144 Å². The Morgan fingerprint density at radius 2 is 1.17 bits per heavy atom. The van der Waals surface area contributed by atoms with E-state index in [0.717, 1.165) is 18.5 Å². The van der Waals surface area contributed by atoms with Crippen molar-refractivity contribution >= 4 is 86.9 Å². The summed E-state index contributed by atoms with van der Waals surface area (Å²) in [5.74, 6) is 0.0551. The van der Waals surface area contributed by atoms with E-state index in [1.54, 1.807) is 0 Å². The summed E-state index contributed by atoms with van der Waals surface area (Å²) in [5, 5.41) is 17.4. The maximum absolute atomic E-state index is 9.29. The summed E-state index contributed by atoms with van der Waals surface area (Å²) in [4.78, 5) is 1.25. The van der Waals surface area contributed by atoms with Crippen LogP contribution in [0.5, 0.6) is 0 Å². The second kappa shape index (κ2) is 10.9. The highest BCUT2D eigenvalue weighted by Gasteiger charge is 2.21. The molecule has 5 heteroatoms. The van der Waals surface area contributed by atoms with Crippen LogP contribution in [0.1, 0.15) is 12.8 Å². The van der Waals surface area contributed by atoms with Gasteiger partial charge in [-0.05, 0) is 85.6 Å². The number of benzene rings is 6. The Bertz CT molecular complexity index is 2770. The summed E-state index contributed by atoms with van der Waals surface area (Å²) >= 11 is 3.77. The maximum atomic E-state index is 9.29. The summed E-state index contributed by atoms with van der Waals surface area (Å²) in [6.07, 6.45) is 6.27. The van der Waals surface area contributed by atoms with Gasteiger partial charge in [0.05, 0.1) is 34.1 Å². The molecule has 9 aromatic rings. The molecule has 3 nitrogen and oxygen atoms in total. The van der Waals surface area contributed by atoms with E-state index < -0.39 is 0 Å². The normalized spacial score (nSPS) is 16.6. The first-order valence-electron chi connectivity index (χ1n) is 16.5. The van der Waals surface area contributed by atoms with Crippen LogP contribution in [0, 0.1) is 17.2 Å². The number of hydrogen-bond acceptors (Lipinski definition) is 3. The number of aromatic nitrogens is 2. The minimum absolute atomic E-state index is 0.0551. The van der Waals surface area contributed by atoms with E-state index in [-0.39, 0.29) is 5.92 Å². The molecule has 1 aliphatic rings. The quantitative estimate of drug-likeness (QED) is 0.177. The van der Waals surface area contributed by atoms with E-state index in [1.165, 1.54) is 74.4 Å². The predicted molar refractivity (Wildman–Crippen MR) is 205 cm³/mol. The number of nitrogens with zero attached hydrogens (tertiary/aromatic N) is 3. The topological polar surface area (TPSA) is 33.6 Å². The van der Waals surface area contributed by atoms with Gasteiger partial charge in [0.15, 0.2) is 0 Å². The number of thiophene rings is 1. The second-order valence-corrected chi connectivity index (χ2v) is 15.1. The van der Waals surface area contributed by atoms with Crippen LogP contribution >= 0.6 is 23.1 Å². The number of fused-ring (bicyclic) bond motifs is 9. The van der Waals surface area contributed by atoms with Gasteiger partial charge in [-0.3, -0.25) is 0 Å². The van der Waals surface area contributed by atoms with Crippen LogP contribution in [0.25, 0.3) is 75.2 Å². The molecular weight excluding hydrogens is 623 g/mol. The molecule has 0 saturated heterocycles. The Balaban J connectivity index is 1.23. The number of hydrogen-bond donors (Lipinski definition) is 0. The molecule has 6 aromatic carbocycles. The van der Waals surface area contributed by atoms with Crippen molar-refractivity contribution in [2.45, 2.75) is 23.0 Å². The molecule has 2 atom stereocenters. The largest absolute Gasteiger partial charge is 0.309 e. The molecule has 0 aliphatic heterocycles. The highest BCUT2D eigenvalue weighted by atomic mass is 32.2. The fourth-order valence-electron chi connectivity index (χ4n) is 7.68. The van der Waals surface area contributed by atoms with Crippen molar-refractivity contribution in [3.05, 3.63) is 140 Å². The summed E-state index contributed by atoms with van der Waals surface area (Å²) in [6, 6.07) is 49.4. The van der Waals surface area contributed by atoms with Gasteiger partial charge in [-0.1, -0.05) is 66.7 Å². The number of allylic oxidation sites excluding steroid dienone is 1. The highest BCUT2D eigenvalue weighted by molar-refractivity contribution is 8.00. The van der Waals surface area contributed by atoms with Crippen molar-refractivity contribution in [1.29, 1.82) is 5.26 Å². The van der Waals surface area contributed by atoms with Gasteiger partial charge >= 0.3 is 0 Å². The third kappa shape index (κ3) is 4.27. The summed E-state index contributed by atoms with van der Waals surface area (Å²) in [6.45, 7) is 0. The number of nitriles is 1. The molecule has 0 saturated carbocycles. The van der Waals surface area contributed by atoms with Crippen molar-refractivity contribution in [2.24, 2.45) is 5.92 Å². The molecule has 228 valence electrons. The third-order valence-corrected chi connectivity index (χ3v) is 12.3. The molecule has 3 heterocycles. The smallest absolute Gasteiger partial charge is 0.0697 e. The standard InChI is InChI=1S/C43H29N3S2/c44-26-27-14-18-30(19-15-27)47-31-20-16-29(17-21-31)46-40-22-34-32-10-4-6-12-38(32)45(28-8-2-1-3-9-28)39(34)23-35(40)36-25-43-37(24-41(36)46)33-11-5-7-13-42(33)48-43/h1-14,16-18,20-25,27,30H,15,19H2. The first-order valence-corrected chi connectivity index (χ1v) is 18.2. The van der Waals surface area contributed by atoms with Crippen LogP contribution in [-0.4, -0.2) is 14.4 Å². The van der Waals surface area contributed by atoms with Gasteiger partial charge in [-0.15, -0.1) is 23.1 Å². The fraction of sp³-hybridized carbons (Fsp3) is 0.0930.